The van der Waals surface area contributed by atoms with E-state index in [2.05, 4.69) is 11.4 Å². The van der Waals surface area contributed by atoms with Crippen molar-refractivity contribution in [2.24, 2.45) is 5.92 Å². The number of ether oxygens (including phenoxy) is 3. The molecule has 1 aromatic heterocycles. The maximum Gasteiger partial charge on any atom is 0.328 e. The molecule has 1 aromatic carbocycles. The fourth-order valence-electron chi connectivity index (χ4n) is 6.72. The minimum Gasteiger partial charge on any atom is -0.506 e. The van der Waals surface area contributed by atoms with Crippen LogP contribution in [0.5, 0.6) is 17.2 Å². The smallest absolute Gasteiger partial charge is 0.328 e. The van der Waals surface area contributed by atoms with Crippen LogP contribution in [0.3, 0.4) is 0 Å². The van der Waals surface area contributed by atoms with Gasteiger partial charge in [-0.3, -0.25) is 4.79 Å². The Morgan fingerprint density at radius 2 is 1.95 bits per heavy atom. The molecule has 1 amide bonds. The number of fused-ring (bicyclic) bond motifs is 4. The summed E-state index contributed by atoms with van der Waals surface area (Å²) in [5.41, 5.74) is 8.08. The van der Waals surface area contributed by atoms with Gasteiger partial charge in [0.1, 0.15) is 29.0 Å². The quantitative estimate of drug-likeness (QED) is 0.373. The Kier molecular flexibility index (Phi) is 8.30. The van der Waals surface area contributed by atoms with Crippen molar-refractivity contribution in [2.45, 2.75) is 57.4 Å². The lowest BCUT2D eigenvalue weighted by molar-refractivity contribution is -0.144. The lowest BCUT2D eigenvalue weighted by atomic mass is 9.78. The minimum absolute atomic E-state index is 0.0495. The molecule has 2 heterocycles. The summed E-state index contributed by atoms with van der Waals surface area (Å²) < 4.78 is 16.6. The summed E-state index contributed by atoms with van der Waals surface area (Å²) in [4.78, 5) is 31.1. The molecule has 1 aliphatic heterocycles. The molecule has 1 saturated carbocycles. The van der Waals surface area contributed by atoms with Crippen LogP contribution < -0.4 is 14.8 Å². The molecule has 0 radical (unpaired) electrons. The molecular formula is C34H35ClN2O6. The van der Waals surface area contributed by atoms with E-state index in [1.165, 1.54) is 49.2 Å². The van der Waals surface area contributed by atoms with Crippen LogP contribution in [0.15, 0.2) is 70.5 Å². The second-order valence-corrected chi connectivity index (χ2v) is 11.8. The zero-order valence-electron chi connectivity index (χ0n) is 24.4. The number of amides is 1. The predicted molar refractivity (Wildman–Crippen MR) is 163 cm³/mol. The Bertz CT molecular complexity index is 1600. The maximum atomic E-state index is 13.6. The SMILES string of the molecule is COC(=O)[C@H](Cc1ccc(O)c(Cl)c1)NC(=O)C1=CC=C2C(=C3CCOc4cc(OC)cnc4C3=C2C2CCCCC2)C1. The van der Waals surface area contributed by atoms with Gasteiger partial charge in [0.15, 0.2) is 0 Å². The molecular weight excluding hydrogens is 568 g/mol. The number of hydrogen-bond acceptors (Lipinski definition) is 7. The third-order valence-corrected chi connectivity index (χ3v) is 9.13. The predicted octanol–water partition coefficient (Wildman–Crippen LogP) is 6.03. The normalized spacial score (nSPS) is 18.8. The molecule has 0 spiro atoms. The third kappa shape index (κ3) is 5.68. The van der Waals surface area contributed by atoms with Gasteiger partial charge < -0.3 is 24.6 Å². The van der Waals surface area contributed by atoms with E-state index < -0.39 is 12.0 Å². The first-order valence-electron chi connectivity index (χ1n) is 14.8. The van der Waals surface area contributed by atoms with Crippen LogP contribution >= 0.6 is 11.6 Å². The highest BCUT2D eigenvalue weighted by molar-refractivity contribution is 6.32. The molecule has 0 saturated heterocycles. The molecule has 4 aliphatic rings. The summed E-state index contributed by atoms with van der Waals surface area (Å²) in [7, 11) is 2.92. The summed E-state index contributed by atoms with van der Waals surface area (Å²) in [6, 6.07) is 5.69. The maximum absolute atomic E-state index is 13.6. The summed E-state index contributed by atoms with van der Waals surface area (Å²) in [5.74, 6) is 0.854. The van der Waals surface area contributed by atoms with Crippen LogP contribution in [0.4, 0.5) is 0 Å². The number of benzene rings is 1. The average molecular weight is 603 g/mol. The number of phenolic OH excluding ortho intramolecular Hbond substituents is 1. The molecule has 2 aromatic rings. The molecule has 0 unspecified atom stereocenters. The van der Waals surface area contributed by atoms with Gasteiger partial charge in [-0.2, -0.15) is 0 Å². The fourth-order valence-corrected chi connectivity index (χ4v) is 6.92. The van der Waals surface area contributed by atoms with Crippen molar-refractivity contribution in [3.05, 3.63) is 86.8 Å². The molecule has 2 N–H and O–H groups in total. The Hall–Kier alpha value is -4.04. The molecule has 43 heavy (non-hydrogen) atoms. The van der Waals surface area contributed by atoms with Crippen molar-refractivity contribution in [1.82, 2.24) is 10.3 Å². The van der Waals surface area contributed by atoms with Crippen LogP contribution in [-0.4, -0.2) is 48.8 Å². The third-order valence-electron chi connectivity index (χ3n) is 8.83. The van der Waals surface area contributed by atoms with Gasteiger partial charge in [0.2, 0.25) is 5.91 Å². The highest BCUT2D eigenvalue weighted by atomic mass is 35.5. The highest BCUT2D eigenvalue weighted by Gasteiger charge is 2.39. The van der Waals surface area contributed by atoms with Gasteiger partial charge in [0.25, 0.3) is 0 Å². The van der Waals surface area contributed by atoms with Gasteiger partial charge in [-0.15, -0.1) is 0 Å². The second kappa shape index (κ2) is 12.3. The lowest BCUT2D eigenvalue weighted by Gasteiger charge is -2.27. The zero-order valence-corrected chi connectivity index (χ0v) is 25.1. The highest BCUT2D eigenvalue weighted by Crippen LogP contribution is 2.54. The van der Waals surface area contributed by atoms with Gasteiger partial charge in [-0.25, -0.2) is 9.78 Å². The van der Waals surface area contributed by atoms with Gasteiger partial charge in [-0.05, 0) is 58.7 Å². The number of allylic oxidation sites excluding steroid dienone is 6. The number of rotatable bonds is 7. The van der Waals surface area contributed by atoms with Crippen LogP contribution in [0.1, 0.15) is 56.2 Å². The standard InChI is InChI=1S/C34H35ClN2O6/c1-41-22-17-29-32(36-18-22)31-24(12-13-43-29)25-16-21(9-10-23(25)30(31)20-6-4-3-5-7-20)33(39)37-27(34(40)42-2)15-19-8-11-28(38)26(35)14-19/h8-11,14,17-18,20,27,38H,3-7,12-13,15-16H2,1-2H3,(H,37,39)/t27-/m0/s1. The molecule has 9 heteroatoms. The zero-order chi connectivity index (χ0) is 30.1. The van der Waals surface area contributed by atoms with E-state index in [1.807, 2.05) is 12.1 Å². The van der Waals surface area contributed by atoms with Crippen LogP contribution in [0.2, 0.25) is 5.02 Å². The number of aromatic nitrogens is 1. The van der Waals surface area contributed by atoms with E-state index in [0.717, 1.165) is 35.4 Å². The Labute approximate surface area is 256 Å². The van der Waals surface area contributed by atoms with Crippen molar-refractivity contribution >= 4 is 29.1 Å². The van der Waals surface area contributed by atoms with E-state index in [-0.39, 0.29) is 23.1 Å². The number of carbonyl (C=O) groups excluding carboxylic acids is 2. The first-order chi connectivity index (χ1) is 20.9. The number of nitrogens with zero attached hydrogens (tertiary/aromatic N) is 1. The fraction of sp³-hybridized carbons (Fsp3) is 0.382. The van der Waals surface area contributed by atoms with E-state index in [4.69, 9.17) is 30.8 Å². The number of nitrogens with one attached hydrogen (secondary N) is 1. The minimum atomic E-state index is -0.922. The van der Waals surface area contributed by atoms with Crippen molar-refractivity contribution in [3.8, 4) is 17.2 Å². The van der Waals surface area contributed by atoms with Crippen LogP contribution in [-0.2, 0) is 20.7 Å². The molecule has 3 aliphatic carbocycles. The second-order valence-electron chi connectivity index (χ2n) is 11.4. The number of carbonyl (C=O) groups is 2. The first kappa shape index (κ1) is 29.1. The van der Waals surface area contributed by atoms with Gasteiger partial charge in [-0.1, -0.05) is 49.1 Å². The first-order valence-corrected chi connectivity index (χ1v) is 15.2. The van der Waals surface area contributed by atoms with Crippen molar-refractivity contribution in [2.75, 3.05) is 20.8 Å². The largest absolute Gasteiger partial charge is 0.506 e. The topological polar surface area (TPSA) is 107 Å². The lowest BCUT2D eigenvalue weighted by Crippen LogP contribution is -2.43. The number of hydrogen-bond donors (Lipinski definition) is 2. The van der Waals surface area contributed by atoms with Crippen LogP contribution in [0.25, 0.3) is 5.57 Å². The van der Waals surface area contributed by atoms with Crippen molar-refractivity contribution < 1.29 is 28.9 Å². The van der Waals surface area contributed by atoms with Crippen LogP contribution in [0, 0.1) is 5.92 Å². The van der Waals surface area contributed by atoms with E-state index in [1.54, 1.807) is 25.4 Å². The van der Waals surface area contributed by atoms with Crippen molar-refractivity contribution in [3.63, 3.8) is 0 Å². The number of pyridine rings is 1. The molecule has 224 valence electrons. The number of esters is 1. The molecule has 8 nitrogen and oxygen atoms in total. The Morgan fingerprint density at radius 3 is 2.70 bits per heavy atom. The van der Waals surface area contributed by atoms with Crippen molar-refractivity contribution in [1.29, 1.82) is 0 Å². The monoisotopic (exact) mass is 602 g/mol. The Balaban J connectivity index is 1.33. The average Bonchev–Trinajstić information content (AvgIpc) is 3.23. The molecule has 0 bridgehead atoms. The summed E-state index contributed by atoms with van der Waals surface area (Å²) in [6.45, 7) is 0.500. The summed E-state index contributed by atoms with van der Waals surface area (Å²) in [6.07, 6.45) is 12.9. The van der Waals surface area contributed by atoms with E-state index in [9.17, 15) is 14.7 Å². The molecule has 1 atom stereocenters. The van der Waals surface area contributed by atoms with Gasteiger partial charge in [0.05, 0.1) is 32.0 Å². The summed E-state index contributed by atoms with van der Waals surface area (Å²) >= 11 is 6.07. The molecule has 1 fully saturated rings. The summed E-state index contributed by atoms with van der Waals surface area (Å²) in [5, 5.41) is 12.8. The van der Waals surface area contributed by atoms with E-state index >= 15 is 0 Å². The van der Waals surface area contributed by atoms with Gasteiger partial charge >= 0.3 is 5.97 Å². The number of aromatic hydroxyl groups is 1. The number of halogens is 1. The Morgan fingerprint density at radius 1 is 1.14 bits per heavy atom. The number of methoxy groups -OCH3 is 2. The van der Waals surface area contributed by atoms with Gasteiger partial charge in [0, 0.05) is 36.5 Å². The molecule has 6 rings (SSSR count). The number of phenols is 1. The van der Waals surface area contributed by atoms with E-state index in [0.29, 0.717) is 42.3 Å².